The Hall–Kier alpha value is -3.09. The van der Waals surface area contributed by atoms with Crippen LogP contribution in [0.25, 0.3) is 0 Å². The number of sulfonamides is 1. The molecule has 11 nitrogen and oxygen atoms in total. The quantitative estimate of drug-likeness (QED) is 0.447. The number of aliphatic hydroxyl groups is 1. The summed E-state index contributed by atoms with van der Waals surface area (Å²) in [7, 11) is -3.68. The minimum Gasteiger partial charge on any atom is -0.489 e. The number of nitrogens with zero attached hydrogens (tertiary/aromatic N) is 3. The second kappa shape index (κ2) is 10.5. The Morgan fingerprint density at radius 1 is 1.03 bits per heavy atom. The van der Waals surface area contributed by atoms with Crippen LogP contribution in [0.15, 0.2) is 24.3 Å². The molecule has 0 unspecified atom stereocenters. The Morgan fingerprint density at radius 3 is 2.51 bits per heavy atom. The van der Waals surface area contributed by atoms with E-state index in [1.807, 2.05) is 0 Å². The van der Waals surface area contributed by atoms with E-state index in [4.69, 9.17) is 19.6 Å². The summed E-state index contributed by atoms with van der Waals surface area (Å²) in [5, 5.41) is 12.2. The van der Waals surface area contributed by atoms with Gasteiger partial charge in [0.05, 0.1) is 49.2 Å². The highest BCUT2D eigenvalue weighted by Crippen LogP contribution is 2.54. The van der Waals surface area contributed by atoms with Crippen LogP contribution in [0.3, 0.4) is 0 Å². The van der Waals surface area contributed by atoms with Crippen molar-refractivity contribution in [2.24, 2.45) is 5.41 Å². The number of aromatic nitrogens is 1. The minimum absolute atomic E-state index is 0.315. The molecular formula is C27H35N5O6S. The van der Waals surface area contributed by atoms with E-state index in [0.29, 0.717) is 61.2 Å². The number of ether oxygens (including phenoxy) is 2. The number of pyridine rings is 1. The van der Waals surface area contributed by atoms with Crippen LogP contribution in [-0.4, -0.2) is 82.8 Å². The van der Waals surface area contributed by atoms with Crippen LogP contribution in [0.1, 0.15) is 41.7 Å². The van der Waals surface area contributed by atoms with Gasteiger partial charge >= 0.3 is 0 Å². The summed E-state index contributed by atoms with van der Waals surface area (Å²) >= 11 is 0. The van der Waals surface area contributed by atoms with E-state index in [2.05, 4.69) is 19.8 Å². The zero-order valence-electron chi connectivity index (χ0n) is 21.9. The number of anilines is 4. The van der Waals surface area contributed by atoms with Crippen LogP contribution in [-0.2, 0) is 21.2 Å². The van der Waals surface area contributed by atoms with Crippen LogP contribution in [0.4, 0.5) is 22.9 Å². The van der Waals surface area contributed by atoms with Crippen molar-refractivity contribution < 1.29 is 27.8 Å². The number of carbonyl (C=O) groups excluding carboxylic acids is 1. The molecule has 3 N–H and O–H groups in total. The number of fused-ring (bicyclic) bond motifs is 1. The van der Waals surface area contributed by atoms with Gasteiger partial charge in [-0.05, 0) is 55.4 Å². The number of piperidine rings is 1. The van der Waals surface area contributed by atoms with Crippen molar-refractivity contribution in [2.75, 3.05) is 78.2 Å². The Bertz CT molecular complexity index is 1350. The second-order valence-electron chi connectivity index (χ2n) is 10.8. The van der Waals surface area contributed by atoms with Crippen molar-refractivity contribution in [1.82, 2.24) is 4.98 Å². The second-order valence-corrected chi connectivity index (χ2v) is 12.7. The zero-order valence-corrected chi connectivity index (χ0v) is 22.8. The number of benzene rings is 1. The Morgan fingerprint density at radius 2 is 1.79 bits per heavy atom. The molecule has 39 heavy (non-hydrogen) atoms. The molecule has 3 aliphatic heterocycles. The number of nitrogens with one attached hydrogen (secondary N) is 2. The van der Waals surface area contributed by atoms with Gasteiger partial charge in [0.25, 0.3) is 5.91 Å². The van der Waals surface area contributed by atoms with E-state index < -0.39 is 16.6 Å². The first-order valence-corrected chi connectivity index (χ1v) is 15.3. The third-order valence-electron chi connectivity index (χ3n) is 8.19. The lowest BCUT2D eigenvalue weighted by Gasteiger charge is -2.35. The predicted molar refractivity (Wildman–Crippen MR) is 148 cm³/mol. The first-order chi connectivity index (χ1) is 18.8. The van der Waals surface area contributed by atoms with Crippen molar-refractivity contribution in [3.05, 3.63) is 35.5 Å². The monoisotopic (exact) mass is 557 g/mol. The normalized spacial score (nSPS) is 19.9. The molecule has 1 aliphatic carbocycles. The first kappa shape index (κ1) is 26.1. The lowest BCUT2D eigenvalue weighted by atomic mass is 9.93. The lowest BCUT2D eigenvalue weighted by molar-refractivity contribution is 0.102. The number of rotatable bonds is 8. The van der Waals surface area contributed by atoms with Gasteiger partial charge in [0.15, 0.2) is 11.6 Å². The summed E-state index contributed by atoms with van der Waals surface area (Å²) in [5.74, 6) is 0.713. The Kier molecular flexibility index (Phi) is 7.02. The van der Waals surface area contributed by atoms with Gasteiger partial charge in [-0.3, -0.25) is 9.52 Å². The molecule has 0 atom stereocenters. The molecule has 3 fully saturated rings. The molecule has 0 radical (unpaired) electrons. The van der Waals surface area contributed by atoms with Gasteiger partial charge in [-0.2, -0.15) is 0 Å². The molecule has 1 spiro atoms. The summed E-state index contributed by atoms with van der Waals surface area (Å²) in [6.45, 7) is 4.34. The van der Waals surface area contributed by atoms with Crippen LogP contribution >= 0.6 is 0 Å². The molecule has 0 bridgehead atoms. The van der Waals surface area contributed by atoms with Crippen molar-refractivity contribution in [3.63, 3.8) is 0 Å². The van der Waals surface area contributed by atoms with Gasteiger partial charge in [-0.15, -0.1) is 0 Å². The molecule has 2 saturated heterocycles. The minimum atomic E-state index is -3.68. The number of amides is 1. The molecule has 12 heteroatoms. The summed E-state index contributed by atoms with van der Waals surface area (Å²) in [6, 6.07) is 6.92. The van der Waals surface area contributed by atoms with Crippen molar-refractivity contribution in [1.29, 1.82) is 0 Å². The number of morpholine rings is 1. The fourth-order valence-electron chi connectivity index (χ4n) is 5.68. The van der Waals surface area contributed by atoms with E-state index in [9.17, 15) is 13.2 Å². The fraction of sp³-hybridized carbons (Fsp3) is 0.556. The van der Waals surface area contributed by atoms with Crippen molar-refractivity contribution >= 4 is 38.8 Å². The van der Waals surface area contributed by atoms with Crippen LogP contribution in [0.2, 0.25) is 0 Å². The molecule has 6 rings (SSSR count). The number of aliphatic hydroxyl groups excluding tert-OH is 1. The molecular weight excluding hydrogens is 522 g/mol. The third kappa shape index (κ3) is 5.64. The Labute approximate surface area is 228 Å². The SMILES string of the molecule is O=C(Nc1ccc(NS(=O)(=O)CCO)cc1N1CCC2(CC1)CC2)c1cc2c(c(N3CCOCC3)n1)OCC2. The van der Waals surface area contributed by atoms with Gasteiger partial charge in [0, 0.05) is 38.2 Å². The van der Waals surface area contributed by atoms with Crippen LogP contribution in [0.5, 0.6) is 5.75 Å². The standard InChI is InChI=1S/C27H35N5O6S/c33-12-16-39(35,36)30-20-1-2-21(23(18-20)31-8-6-27(4-5-27)7-9-31)29-26(34)22-17-19-3-13-38-24(19)25(28-22)32-10-14-37-15-11-32/h1-2,17-18,30,33H,3-16H2,(H,29,34). The summed E-state index contributed by atoms with van der Waals surface area (Å²) in [4.78, 5) is 22.6. The Balaban J connectivity index is 1.28. The van der Waals surface area contributed by atoms with Crippen molar-refractivity contribution in [2.45, 2.75) is 32.1 Å². The largest absolute Gasteiger partial charge is 0.489 e. The first-order valence-electron chi connectivity index (χ1n) is 13.7. The molecule has 4 heterocycles. The third-order valence-corrected chi connectivity index (χ3v) is 9.46. The average Bonchev–Trinajstić information content (AvgIpc) is 3.50. The molecule has 210 valence electrons. The summed E-state index contributed by atoms with van der Waals surface area (Å²) < 4.78 is 38.5. The molecule has 1 aromatic heterocycles. The molecule has 1 amide bonds. The highest BCUT2D eigenvalue weighted by Gasteiger charge is 2.44. The maximum atomic E-state index is 13.6. The number of hydrogen-bond donors (Lipinski definition) is 3. The maximum Gasteiger partial charge on any atom is 0.274 e. The van der Waals surface area contributed by atoms with E-state index >= 15 is 0 Å². The highest BCUT2D eigenvalue weighted by atomic mass is 32.2. The lowest BCUT2D eigenvalue weighted by Crippen LogP contribution is -2.37. The predicted octanol–water partition coefficient (Wildman–Crippen LogP) is 2.22. The highest BCUT2D eigenvalue weighted by molar-refractivity contribution is 7.92. The number of carbonyl (C=O) groups is 1. The smallest absolute Gasteiger partial charge is 0.274 e. The van der Waals surface area contributed by atoms with E-state index in [-0.39, 0.29) is 11.7 Å². The molecule has 4 aliphatic rings. The molecule has 1 saturated carbocycles. The average molecular weight is 558 g/mol. The van der Waals surface area contributed by atoms with E-state index in [1.165, 1.54) is 12.8 Å². The van der Waals surface area contributed by atoms with Gasteiger partial charge in [-0.1, -0.05) is 0 Å². The van der Waals surface area contributed by atoms with Gasteiger partial charge in [0.2, 0.25) is 10.0 Å². The zero-order chi connectivity index (χ0) is 27.0. The van der Waals surface area contributed by atoms with Crippen molar-refractivity contribution in [3.8, 4) is 5.75 Å². The number of hydrogen-bond acceptors (Lipinski definition) is 9. The summed E-state index contributed by atoms with van der Waals surface area (Å²) in [5.41, 5.74) is 3.51. The molecule has 2 aromatic rings. The molecule has 1 aromatic carbocycles. The van der Waals surface area contributed by atoms with Gasteiger partial charge < -0.3 is 29.7 Å². The fourth-order valence-corrected chi connectivity index (χ4v) is 6.51. The van der Waals surface area contributed by atoms with Crippen LogP contribution in [0, 0.1) is 5.41 Å². The van der Waals surface area contributed by atoms with Gasteiger partial charge in [-0.25, -0.2) is 13.4 Å². The maximum absolute atomic E-state index is 13.6. The van der Waals surface area contributed by atoms with Crippen LogP contribution < -0.4 is 24.6 Å². The van der Waals surface area contributed by atoms with Gasteiger partial charge in [0.1, 0.15) is 5.69 Å². The topological polar surface area (TPSA) is 133 Å². The van der Waals surface area contributed by atoms with E-state index in [0.717, 1.165) is 49.4 Å². The summed E-state index contributed by atoms with van der Waals surface area (Å²) in [6.07, 6.45) is 5.42. The van der Waals surface area contributed by atoms with E-state index in [1.54, 1.807) is 24.3 Å².